The molecule has 2 saturated carbocycles. The van der Waals surface area contributed by atoms with E-state index in [0.29, 0.717) is 24.2 Å². The summed E-state index contributed by atoms with van der Waals surface area (Å²) in [6, 6.07) is 2.45. The van der Waals surface area contributed by atoms with Crippen molar-refractivity contribution in [3.05, 3.63) is 0 Å². The van der Waals surface area contributed by atoms with Gasteiger partial charge in [0.2, 0.25) is 0 Å². The summed E-state index contributed by atoms with van der Waals surface area (Å²) in [7, 11) is 0. The molecule has 8 heteroatoms. The highest BCUT2D eigenvalue weighted by Crippen LogP contribution is 2.36. The maximum absolute atomic E-state index is 6.12. The first kappa shape index (κ1) is 31.2. The Hall–Kier alpha value is 1.00. The number of piperidine rings is 2. The van der Waals surface area contributed by atoms with Crippen LogP contribution in [0.25, 0.3) is 0 Å². The van der Waals surface area contributed by atoms with E-state index >= 15 is 0 Å². The van der Waals surface area contributed by atoms with Gasteiger partial charge in [0.1, 0.15) is 0 Å². The fraction of sp³-hybridized carbons (Fsp3) is 1.00. The summed E-state index contributed by atoms with van der Waals surface area (Å²) in [5.41, 5.74) is 12.2. The van der Waals surface area contributed by atoms with E-state index < -0.39 is 0 Å². The molecule has 4 nitrogen and oxygen atoms in total. The molecule has 0 amide bonds. The topological polar surface area (TPSA) is 58.5 Å². The molecule has 172 valence electrons. The monoisotopic (exact) mass is 480 g/mol. The van der Waals surface area contributed by atoms with Gasteiger partial charge in [-0.25, -0.2) is 0 Å². The highest BCUT2D eigenvalue weighted by atomic mass is 35.5. The lowest BCUT2D eigenvalue weighted by Gasteiger charge is -2.38. The van der Waals surface area contributed by atoms with Gasteiger partial charge in [-0.1, -0.05) is 0 Å². The average Bonchev–Trinajstić information content (AvgIpc) is 2.89. The normalized spacial score (nSPS) is 36.4. The molecule has 28 heavy (non-hydrogen) atoms. The molecule has 4 atom stereocenters. The fourth-order valence-electron chi connectivity index (χ4n) is 5.45. The van der Waals surface area contributed by atoms with Gasteiger partial charge in [0, 0.05) is 50.3 Å². The molecule has 2 aliphatic heterocycles. The Kier molecular flexibility index (Phi) is 14.9. The van der Waals surface area contributed by atoms with Gasteiger partial charge in [0.05, 0.1) is 0 Å². The zero-order valence-electron chi connectivity index (χ0n) is 18.0. The Labute approximate surface area is 197 Å². The van der Waals surface area contributed by atoms with E-state index in [1.54, 1.807) is 0 Å². The second-order valence-electron chi connectivity index (χ2n) is 9.45. The minimum Gasteiger partial charge on any atom is -0.327 e. The summed E-state index contributed by atoms with van der Waals surface area (Å²) < 4.78 is 0. The summed E-state index contributed by atoms with van der Waals surface area (Å²) in [4.78, 5) is 5.18. The predicted molar refractivity (Wildman–Crippen MR) is 131 cm³/mol. The highest BCUT2D eigenvalue weighted by molar-refractivity contribution is 5.86. The maximum atomic E-state index is 6.12. The van der Waals surface area contributed by atoms with Crippen molar-refractivity contribution < 1.29 is 0 Å². The Morgan fingerprint density at radius 3 is 0.929 bits per heavy atom. The number of hydrogen-bond acceptors (Lipinski definition) is 4. The molecule has 4 N–H and O–H groups in total. The van der Waals surface area contributed by atoms with Crippen LogP contribution in [-0.2, 0) is 0 Å². The minimum absolute atomic E-state index is 0. The number of fused-ring (bicyclic) bond motifs is 4. The van der Waals surface area contributed by atoms with Crippen molar-refractivity contribution >= 4 is 49.6 Å². The Morgan fingerprint density at radius 1 is 0.536 bits per heavy atom. The third kappa shape index (κ3) is 7.02. The van der Waals surface area contributed by atoms with Crippen LogP contribution in [0.15, 0.2) is 0 Å². The third-order valence-electron chi connectivity index (χ3n) is 7.33. The third-order valence-corrected chi connectivity index (χ3v) is 7.33. The summed E-state index contributed by atoms with van der Waals surface area (Å²) in [6.07, 6.45) is 5.48. The van der Waals surface area contributed by atoms with E-state index in [1.165, 1.54) is 51.9 Å². The number of nitrogens with zero attached hydrogens (tertiary/aromatic N) is 2. The van der Waals surface area contributed by atoms with Crippen LogP contribution in [0.1, 0.15) is 53.4 Å². The van der Waals surface area contributed by atoms with Crippen LogP contribution in [0.3, 0.4) is 0 Å². The van der Waals surface area contributed by atoms with Gasteiger partial charge in [0.25, 0.3) is 0 Å². The SMILES string of the molecule is CC(C)N1C[C@@H]2CC[C@@H](C1)C2N.CC(C)N1C[C@H]2CC[C@H](C1)C2N.Cl.Cl.Cl.Cl. The molecule has 2 heterocycles. The van der Waals surface area contributed by atoms with Crippen molar-refractivity contribution in [1.29, 1.82) is 0 Å². The Balaban J connectivity index is 0. The van der Waals surface area contributed by atoms with Gasteiger partial charge in [-0.05, 0) is 77.0 Å². The fourth-order valence-corrected chi connectivity index (χ4v) is 5.45. The molecular formula is C20H44Cl4N4. The van der Waals surface area contributed by atoms with Crippen LogP contribution >= 0.6 is 49.6 Å². The minimum atomic E-state index is 0. The number of halogens is 4. The summed E-state index contributed by atoms with van der Waals surface area (Å²) in [6.45, 7) is 14.1. The maximum Gasteiger partial charge on any atom is 0.0120 e. The second kappa shape index (κ2) is 13.4. The van der Waals surface area contributed by atoms with Crippen LogP contribution in [0.5, 0.6) is 0 Å². The average molecular weight is 482 g/mol. The molecular weight excluding hydrogens is 438 g/mol. The number of likely N-dealkylation sites (tertiary alicyclic amines) is 2. The van der Waals surface area contributed by atoms with Crippen molar-refractivity contribution in [2.45, 2.75) is 77.5 Å². The van der Waals surface area contributed by atoms with Crippen molar-refractivity contribution in [3.8, 4) is 0 Å². The number of rotatable bonds is 2. The summed E-state index contributed by atoms with van der Waals surface area (Å²) in [5.74, 6) is 3.19. The molecule has 0 aromatic rings. The first-order valence-electron chi connectivity index (χ1n) is 10.4. The molecule has 4 bridgehead atoms. The van der Waals surface area contributed by atoms with Crippen molar-refractivity contribution in [2.75, 3.05) is 26.2 Å². The summed E-state index contributed by atoms with van der Waals surface area (Å²) >= 11 is 0. The molecule has 4 aliphatic rings. The van der Waals surface area contributed by atoms with Crippen LogP contribution < -0.4 is 11.5 Å². The van der Waals surface area contributed by atoms with E-state index in [4.69, 9.17) is 11.5 Å². The quantitative estimate of drug-likeness (QED) is 0.629. The van der Waals surface area contributed by atoms with Gasteiger partial charge in [-0.15, -0.1) is 49.6 Å². The lowest BCUT2D eigenvalue weighted by molar-refractivity contribution is 0.117. The first-order valence-corrected chi connectivity index (χ1v) is 10.4. The molecule has 2 saturated heterocycles. The lowest BCUT2D eigenvalue weighted by atomic mass is 9.92. The van der Waals surface area contributed by atoms with Crippen LogP contribution in [0.4, 0.5) is 0 Å². The molecule has 4 fully saturated rings. The van der Waals surface area contributed by atoms with E-state index in [2.05, 4.69) is 37.5 Å². The summed E-state index contributed by atoms with van der Waals surface area (Å²) in [5, 5.41) is 0. The van der Waals surface area contributed by atoms with Gasteiger partial charge in [-0.2, -0.15) is 0 Å². The largest absolute Gasteiger partial charge is 0.327 e. The van der Waals surface area contributed by atoms with Crippen molar-refractivity contribution in [1.82, 2.24) is 9.80 Å². The van der Waals surface area contributed by atoms with Crippen molar-refractivity contribution in [3.63, 3.8) is 0 Å². The van der Waals surface area contributed by atoms with Crippen LogP contribution in [0.2, 0.25) is 0 Å². The van der Waals surface area contributed by atoms with Gasteiger partial charge >= 0.3 is 0 Å². The zero-order valence-corrected chi connectivity index (χ0v) is 21.2. The Morgan fingerprint density at radius 2 is 0.750 bits per heavy atom. The van der Waals surface area contributed by atoms with Crippen LogP contribution in [0, 0.1) is 23.7 Å². The van der Waals surface area contributed by atoms with Gasteiger partial charge in [-0.3, -0.25) is 0 Å². The van der Waals surface area contributed by atoms with Crippen LogP contribution in [-0.4, -0.2) is 60.1 Å². The molecule has 0 unspecified atom stereocenters. The lowest BCUT2D eigenvalue weighted by Crippen LogP contribution is -2.50. The smallest absolute Gasteiger partial charge is 0.0120 e. The van der Waals surface area contributed by atoms with E-state index in [1.807, 2.05) is 0 Å². The van der Waals surface area contributed by atoms with Gasteiger partial charge < -0.3 is 21.3 Å². The molecule has 0 aromatic carbocycles. The first-order chi connectivity index (χ1) is 11.4. The molecule has 0 radical (unpaired) electrons. The number of hydrogen-bond donors (Lipinski definition) is 2. The number of nitrogens with two attached hydrogens (primary N) is 2. The zero-order chi connectivity index (χ0) is 17.4. The molecule has 2 aliphatic carbocycles. The molecule has 0 aromatic heterocycles. The highest BCUT2D eigenvalue weighted by Gasteiger charge is 2.41. The Bertz CT molecular complexity index is 361. The van der Waals surface area contributed by atoms with E-state index in [9.17, 15) is 0 Å². The van der Waals surface area contributed by atoms with Gasteiger partial charge in [0.15, 0.2) is 0 Å². The standard InChI is InChI=1S/2C10H20N2.4ClH/c2*1-7(2)12-5-8-3-4-9(6-12)10(8)11;;;;/h2*7-10H,3-6,11H2,1-2H3;4*1H/t2*8-,9-;;;;/m10..../s1. The second-order valence-corrected chi connectivity index (χ2v) is 9.45. The molecule has 0 spiro atoms. The predicted octanol–water partition coefficient (Wildman–Crippen LogP) is 3.82. The van der Waals surface area contributed by atoms with E-state index in [-0.39, 0.29) is 49.6 Å². The molecule has 4 rings (SSSR count). The van der Waals surface area contributed by atoms with Crippen molar-refractivity contribution in [2.24, 2.45) is 35.1 Å². The van der Waals surface area contributed by atoms with E-state index in [0.717, 1.165) is 23.7 Å².